The van der Waals surface area contributed by atoms with Gasteiger partial charge in [0.15, 0.2) is 6.10 Å². The molecule has 0 radical (unpaired) electrons. The molecule has 0 aliphatic carbocycles. The number of esters is 3. The second-order valence-corrected chi connectivity index (χ2v) is 29.7. The number of unbranched alkanes of at least 4 members (excludes halogenated alkanes) is 23. The van der Waals surface area contributed by atoms with Gasteiger partial charge in [-0.2, -0.15) is 0 Å². The topological polar surface area (TPSA) is 231 Å². The third-order valence-corrected chi connectivity index (χ3v) is 18.5. The quantitative estimate of drug-likeness (QED) is 0.0146. The van der Waals surface area contributed by atoms with E-state index in [0.29, 0.717) is 19.3 Å². The van der Waals surface area contributed by atoms with Crippen LogP contribution in [0.25, 0.3) is 0 Å². The molecule has 4 N–H and O–H groups in total. The van der Waals surface area contributed by atoms with E-state index in [1.54, 1.807) is 0 Å². The summed E-state index contributed by atoms with van der Waals surface area (Å²) in [6.45, 7) is 2.26. The summed E-state index contributed by atoms with van der Waals surface area (Å²) in [7, 11) is -9.82. The largest absolute Gasteiger partial charge is 0.472 e. The number of allylic oxidation sites excluding steroid dienone is 30. The molecule has 0 aromatic heterocycles. The molecule has 0 spiro atoms. The summed E-state index contributed by atoms with van der Waals surface area (Å²) < 4.78 is 61.1. The number of phosphoric ester groups is 2. The van der Waals surface area contributed by atoms with Gasteiger partial charge in [-0.3, -0.25) is 32.5 Å². The number of carbonyl (C=O) groups is 3. The highest BCUT2D eigenvalue weighted by Crippen LogP contribution is 2.45. The van der Waals surface area contributed by atoms with Crippen LogP contribution in [-0.2, 0) is 55.8 Å². The van der Waals surface area contributed by atoms with Crippen LogP contribution in [0.4, 0.5) is 0 Å². The first-order valence-electron chi connectivity index (χ1n) is 41.1. The van der Waals surface area contributed by atoms with Gasteiger partial charge >= 0.3 is 33.6 Å². The predicted molar refractivity (Wildman–Crippen MR) is 445 cm³/mol. The molecular formula is C89H146O16P2. The van der Waals surface area contributed by atoms with Crippen LogP contribution in [-0.4, -0.2) is 95.9 Å². The van der Waals surface area contributed by atoms with Crippen molar-refractivity contribution in [3.05, 3.63) is 182 Å². The molecule has 608 valence electrons. The van der Waals surface area contributed by atoms with Gasteiger partial charge in [-0.05, 0) is 154 Å². The van der Waals surface area contributed by atoms with E-state index in [1.807, 2.05) is 0 Å². The van der Waals surface area contributed by atoms with E-state index in [2.05, 4.69) is 203 Å². The molecule has 0 bridgehead atoms. The monoisotopic (exact) mass is 1530 g/mol. The fourth-order valence-electron chi connectivity index (χ4n) is 10.5. The van der Waals surface area contributed by atoms with Gasteiger partial charge in [-0.25, -0.2) is 9.13 Å². The zero-order chi connectivity index (χ0) is 78.0. The van der Waals surface area contributed by atoms with Crippen molar-refractivity contribution in [1.29, 1.82) is 0 Å². The van der Waals surface area contributed by atoms with E-state index >= 15 is 0 Å². The van der Waals surface area contributed by atoms with Gasteiger partial charge in [0.1, 0.15) is 25.4 Å². The minimum absolute atomic E-state index is 0.0630. The Morgan fingerprint density at radius 1 is 0.262 bits per heavy atom. The van der Waals surface area contributed by atoms with Gasteiger partial charge in [-0.1, -0.05) is 312 Å². The van der Waals surface area contributed by atoms with Crippen LogP contribution in [0.3, 0.4) is 0 Å². The Bertz CT molecular complexity index is 2670. The number of aliphatic hydroxyl groups is 2. The Labute approximate surface area is 649 Å². The van der Waals surface area contributed by atoms with Crippen LogP contribution in [0.2, 0.25) is 0 Å². The van der Waals surface area contributed by atoms with Gasteiger partial charge in [0.2, 0.25) is 0 Å². The first-order valence-corrected chi connectivity index (χ1v) is 44.1. The molecule has 0 aliphatic rings. The standard InChI is InChI=1S/C89H146O16P2/c1-4-7-10-13-16-19-22-25-28-31-33-34-35-36-37-38-39-40-41-42-43-44-45-46-47-48-50-53-54-57-60-63-66-69-72-75-87(92)99-78-84(90)79-101-106(95,96)102-80-85(91)81-103-107(97,98)104-83-86(105-89(94)77-74-71-68-65-62-59-56-51-30-27-24-21-18-15-12-9-6-3)82-100-88(93)76-73-70-67-64-61-58-55-52-49-32-29-26-23-20-17-14-11-8-5-2/h7-12,16-21,25-30,33-34,36-37,39-40,49,52,56,58-59,61,84-86,90-91H,4-6,13-15,22-24,31-32,35,38,41-48,50-51,53-55,57,60,62-83H2,1-3H3,(H,95,96)(H,97,98)/b10-7-,11-8-,12-9-,19-16-,20-17-,21-18-,28-25-,29-26-,30-27-,34-33-,37-36-,40-39-,52-49-,59-56-,61-58-. The fraction of sp³-hybridized carbons (Fsp3) is 0.629. The Morgan fingerprint density at radius 3 is 0.748 bits per heavy atom. The third-order valence-electron chi connectivity index (χ3n) is 16.6. The van der Waals surface area contributed by atoms with Crippen LogP contribution in [0.5, 0.6) is 0 Å². The maximum Gasteiger partial charge on any atom is 0.472 e. The number of carbonyl (C=O) groups excluding carboxylic acids is 3. The second-order valence-electron chi connectivity index (χ2n) is 26.8. The highest BCUT2D eigenvalue weighted by molar-refractivity contribution is 7.47. The van der Waals surface area contributed by atoms with Crippen molar-refractivity contribution in [3.8, 4) is 0 Å². The summed E-state index contributed by atoms with van der Waals surface area (Å²) in [5.41, 5.74) is 0. The first kappa shape index (κ1) is 102. The average Bonchev–Trinajstić information content (AvgIpc) is 0.907. The number of rotatable bonds is 76. The second kappa shape index (κ2) is 80.2. The third kappa shape index (κ3) is 81.5. The number of hydrogen-bond donors (Lipinski definition) is 4. The SMILES string of the molecule is CC/C=C\C/C=C\C/C=C\C/C=C\C/C=C\C/C=C\CCCCCCCCCCCCCCCCCCC(=O)OCC(O)COP(=O)(O)OCC(O)COP(=O)(O)OCC(COC(=O)CCCCC/C=C\C/C=C\C/C=C\C/C=C\C/C=C\CC)OC(=O)CCCCCC/C=C\C/C=C\C/C=C\C/C=C\CC. The molecule has 0 heterocycles. The lowest BCUT2D eigenvalue weighted by Crippen LogP contribution is -2.30. The van der Waals surface area contributed by atoms with Gasteiger partial charge in [0.05, 0.1) is 26.4 Å². The van der Waals surface area contributed by atoms with Gasteiger partial charge in [0, 0.05) is 19.3 Å². The molecule has 5 unspecified atom stereocenters. The normalized spacial score (nSPS) is 14.9. The maximum absolute atomic E-state index is 13.0. The number of ether oxygens (including phenoxy) is 3. The van der Waals surface area contributed by atoms with Crippen molar-refractivity contribution < 1.29 is 75.8 Å². The number of phosphoric acid groups is 2. The zero-order valence-electron chi connectivity index (χ0n) is 66.5. The molecule has 18 heteroatoms. The summed E-state index contributed by atoms with van der Waals surface area (Å²) in [5.74, 6) is -1.65. The van der Waals surface area contributed by atoms with Crippen molar-refractivity contribution in [2.75, 3.05) is 39.6 Å². The zero-order valence-corrected chi connectivity index (χ0v) is 68.3. The van der Waals surface area contributed by atoms with Crippen LogP contribution < -0.4 is 0 Å². The number of hydrogen-bond acceptors (Lipinski definition) is 14. The van der Waals surface area contributed by atoms with E-state index in [0.717, 1.165) is 161 Å². The highest BCUT2D eigenvalue weighted by atomic mass is 31.2. The molecule has 16 nitrogen and oxygen atoms in total. The lowest BCUT2D eigenvalue weighted by atomic mass is 10.0. The van der Waals surface area contributed by atoms with E-state index in [4.69, 9.17) is 32.3 Å². The Balaban J connectivity index is 4.49. The molecule has 0 aromatic rings. The summed E-state index contributed by atoms with van der Waals surface area (Å²) >= 11 is 0. The minimum atomic E-state index is -4.95. The summed E-state index contributed by atoms with van der Waals surface area (Å²) in [5, 5.41) is 20.7. The van der Waals surface area contributed by atoms with Crippen LogP contribution in [0.15, 0.2) is 182 Å². The predicted octanol–water partition coefficient (Wildman–Crippen LogP) is 24.5. The van der Waals surface area contributed by atoms with Gasteiger partial charge in [-0.15, -0.1) is 0 Å². The molecule has 107 heavy (non-hydrogen) atoms. The molecule has 5 atom stereocenters. The van der Waals surface area contributed by atoms with Crippen molar-refractivity contribution in [1.82, 2.24) is 0 Å². The fourth-order valence-corrected chi connectivity index (χ4v) is 12.1. The lowest BCUT2D eigenvalue weighted by molar-refractivity contribution is -0.161. The van der Waals surface area contributed by atoms with Gasteiger partial charge in [0.25, 0.3) is 0 Å². The van der Waals surface area contributed by atoms with Crippen molar-refractivity contribution >= 4 is 33.6 Å². The molecule has 0 rings (SSSR count). The summed E-state index contributed by atoms with van der Waals surface area (Å²) in [4.78, 5) is 58.7. The minimum Gasteiger partial charge on any atom is -0.463 e. The molecule has 0 saturated heterocycles. The van der Waals surface area contributed by atoms with Crippen molar-refractivity contribution in [3.63, 3.8) is 0 Å². The molecular weight excluding hydrogens is 1390 g/mol. The Hall–Kier alpha value is -5.35. The van der Waals surface area contributed by atoms with E-state index in [9.17, 15) is 43.5 Å². The van der Waals surface area contributed by atoms with E-state index in [1.165, 1.54) is 83.5 Å². The Kier molecular flexibility index (Phi) is 76.2. The summed E-state index contributed by atoms with van der Waals surface area (Å²) in [6.07, 6.45) is 104. The summed E-state index contributed by atoms with van der Waals surface area (Å²) in [6, 6.07) is 0. The first-order chi connectivity index (χ1) is 52.2. The van der Waals surface area contributed by atoms with Gasteiger partial charge < -0.3 is 34.2 Å². The molecule has 0 amide bonds. The smallest absolute Gasteiger partial charge is 0.463 e. The van der Waals surface area contributed by atoms with Crippen LogP contribution in [0.1, 0.15) is 303 Å². The highest BCUT2D eigenvalue weighted by Gasteiger charge is 2.29. The molecule has 0 fully saturated rings. The van der Waals surface area contributed by atoms with Crippen molar-refractivity contribution in [2.24, 2.45) is 0 Å². The maximum atomic E-state index is 13.0. The molecule has 0 saturated carbocycles. The number of aliphatic hydroxyl groups excluding tert-OH is 2. The average molecular weight is 1530 g/mol. The molecule has 0 aliphatic heterocycles. The van der Waals surface area contributed by atoms with E-state index < -0.39 is 91.5 Å². The van der Waals surface area contributed by atoms with Crippen LogP contribution >= 0.6 is 15.6 Å². The molecule has 0 aromatic carbocycles. The van der Waals surface area contributed by atoms with Crippen LogP contribution in [0, 0.1) is 0 Å². The van der Waals surface area contributed by atoms with E-state index in [-0.39, 0.29) is 19.3 Å². The van der Waals surface area contributed by atoms with Crippen molar-refractivity contribution in [2.45, 2.75) is 322 Å². The lowest BCUT2D eigenvalue weighted by Gasteiger charge is -2.21. The Morgan fingerprint density at radius 2 is 0.467 bits per heavy atom.